The van der Waals surface area contributed by atoms with E-state index in [0.717, 1.165) is 0 Å². The summed E-state index contributed by atoms with van der Waals surface area (Å²) < 4.78 is 0. The van der Waals surface area contributed by atoms with Gasteiger partial charge in [0.25, 0.3) is 5.91 Å². The maximum absolute atomic E-state index is 13.1. The number of likely N-dealkylation sites (N-methyl/N-ethyl adjacent to an activating group) is 1. The molecule has 158 valence electrons. The molecule has 0 aromatic heterocycles. The van der Waals surface area contributed by atoms with Crippen molar-refractivity contribution in [1.29, 1.82) is 0 Å². The molecule has 6 N–H and O–H groups in total. The zero-order valence-electron chi connectivity index (χ0n) is 16.4. The number of hydrogen-bond donors (Lipinski definition) is 5. The molecule has 9 heteroatoms. The van der Waals surface area contributed by atoms with E-state index in [1.54, 1.807) is 26.2 Å². The van der Waals surface area contributed by atoms with Crippen molar-refractivity contribution in [2.75, 3.05) is 14.1 Å². The quantitative estimate of drug-likeness (QED) is 0.426. The van der Waals surface area contributed by atoms with Gasteiger partial charge in [-0.3, -0.25) is 19.3 Å². The number of aromatic hydroxyl groups is 1. The van der Waals surface area contributed by atoms with Gasteiger partial charge in [-0.25, -0.2) is 0 Å². The number of hydrogen-bond acceptors (Lipinski definition) is 8. The molecule has 0 fully saturated rings. The summed E-state index contributed by atoms with van der Waals surface area (Å²) in [6.07, 6.45) is 0.379. The lowest BCUT2D eigenvalue weighted by Crippen LogP contribution is -2.63. The summed E-state index contributed by atoms with van der Waals surface area (Å²) in [4.78, 5) is 39.6. The monoisotopic (exact) mass is 414 g/mol. The number of primary amides is 1. The number of aliphatic hydroxyl groups excluding tert-OH is 2. The lowest BCUT2D eigenvalue weighted by molar-refractivity contribution is -0.148. The Morgan fingerprint density at radius 3 is 2.47 bits per heavy atom. The third-order valence-electron chi connectivity index (χ3n) is 6.46. The molecule has 4 rings (SSSR count). The number of carbonyl (C=O) groups is 3. The van der Waals surface area contributed by atoms with Crippen molar-refractivity contribution in [3.8, 4) is 5.75 Å². The molecule has 9 nitrogen and oxygen atoms in total. The summed E-state index contributed by atoms with van der Waals surface area (Å²) in [6.45, 7) is 0. The fraction of sp³-hybridized carbons (Fsp3) is 0.381. The predicted octanol–water partition coefficient (Wildman–Crippen LogP) is 0.121. The van der Waals surface area contributed by atoms with Crippen LogP contribution >= 0.6 is 0 Å². The van der Waals surface area contributed by atoms with Crippen LogP contribution in [0.1, 0.15) is 22.3 Å². The van der Waals surface area contributed by atoms with Crippen molar-refractivity contribution < 1.29 is 34.8 Å². The minimum Gasteiger partial charge on any atom is -0.510 e. The summed E-state index contributed by atoms with van der Waals surface area (Å²) >= 11 is 0. The Morgan fingerprint density at radius 1 is 1.20 bits per heavy atom. The van der Waals surface area contributed by atoms with Gasteiger partial charge in [-0.05, 0) is 44.5 Å². The van der Waals surface area contributed by atoms with Crippen molar-refractivity contribution in [2.45, 2.75) is 24.5 Å². The van der Waals surface area contributed by atoms with Crippen LogP contribution in [0.4, 0.5) is 0 Å². The molecule has 1 amide bonds. The molecule has 30 heavy (non-hydrogen) atoms. The second kappa shape index (κ2) is 6.41. The SMILES string of the molecule is CN(C)C1C(O)=C(C(N)=O)C(=O)[C@@]2(O)C(O)=C3C(=O)c4c(O)cccc4C[C@H]3C[C@@H]12. The van der Waals surface area contributed by atoms with Gasteiger partial charge in [0.15, 0.2) is 11.4 Å². The predicted molar refractivity (Wildman–Crippen MR) is 104 cm³/mol. The molecular formula is C21H22N2O7. The number of allylic oxidation sites excluding steroid dienone is 1. The largest absolute Gasteiger partial charge is 0.510 e. The number of Topliss-reactive ketones (excluding diaryl/α,β-unsaturated/α-hetero) is 2. The number of phenolic OH excluding ortho intramolecular Hbond substituents is 1. The molecule has 3 aliphatic rings. The van der Waals surface area contributed by atoms with Crippen LogP contribution in [0.3, 0.4) is 0 Å². The van der Waals surface area contributed by atoms with Crippen LogP contribution in [-0.2, 0) is 16.0 Å². The Balaban J connectivity index is 1.97. The van der Waals surface area contributed by atoms with Crippen molar-refractivity contribution in [1.82, 2.24) is 4.90 Å². The summed E-state index contributed by atoms with van der Waals surface area (Å²) in [6, 6.07) is 3.66. The normalized spacial score (nSPS) is 30.9. The lowest BCUT2D eigenvalue weighted by atomic mass is 9.58. The Labute approximate surface area is 171 Å². The van der Waals surface area contributed by atoms with Crippen LogP contribution < -0.4 is 5.73 Å². The van der Waals surface area contributed by atoms with Crippen molar-refractivity contribution >= 4 is 17.5 Å². The molecule has 0 spiro atoms. The molecule has 1 aromatic rings. The number of nitrogens with two attached hydrogens (primary N) is 1. The van der Waals surface area contributed by atoms with Gasteiger partial charge in [-0.2, -0.15) is 0 Å². The minimum absolute atomic E-state index is 0.0123. The maximum Gasteiger partial charge on any atom is 0.255 e. The number of benzene rings is 1. The maximum atomic E-state index is 13.1. The summed E-state index contributed by atoms with van der Waals surface area (Å²) in [5, 5.41) is 43.2. The standard InChI is InChI=1S/C21H22N2O7/c1-23(2)15-10-7-9-6-8-4-3-5-11(24)12(8)16(25)13(9)18(27)21(10,30)19(28)14(17(15)26)20(22)29/h3-5,9-10,15,24,26-27,30H,6-7H2,1-2H3,(H2,22,29)/t9-,10-,15?,21-/m0/s1. The molecule has 0 bridgehead atoms. The average molecular weight is 414 g/mol. The zero-order chi connectivity index (χ0) is 22.1. The molecule has 1 unspecified atom stereocenters. The van der Waals surface area contributed by atoms with Crippen molar-refractivity contribution in [3.63, 3.8) is 0 Å². The van der Waals surface area contributed by atoms with Crippen molar-refractivity contribution in [3.05, 3.63) is 52.0 Å². The highest BCUT2D eigenvalue weighted by atomic mass is 16.3. The molecule has 0 saturated carbocycles. The van der Waals surface area contributed by atoms with Gasteiger partial charge in [-0.15, -0.1) is 0 Å². The second-order valence-corrected chi connectivity index (χ2v) is 8.27. The van der Waals surface area contributed by atoms with E-state index in [1.165, 1.54) is 11.0 Å². The van der Waals surface area contributed by atoms with E-state index in [1.807, 2.05) is 0 Å². The second-order valence-electron chi connectivity index (χ2n) is 8.27. The van der Waals surface area contributed by atoms with Crippen LogP contribution in [0.15, 0.2) is 40.9 Å². The smallest absolute Gasteiger partial charge is 0.255 e. The van der Waals surface area contributed by atoms with E-state index in [4.69, 9.17) is 5.73 Å². The van der Waals surface area contributed by atoms with Gasteiger partial charge in [0.1, 0.15) is 22.8 Å². The molecule has 0 aliphatic heterocycles. The van der Waals surface area contributed by atoms with E-state index >= 15 is 0 Å². The average Bonchev–Trinajstić information content (AvgIpc) is 2.64. The number of phenols is 1. The van der Waals surface area contributed by atoms with E-state index in [9.17, 15) is 34.8 Å². The number of carbonyl (C=O) groups excluding carboxylic acids is 3. The number of amides is 1. The van der Waals surface area contributed by atoms with Gasteiger partial charge in [0, 0.05) is 11.5 Å². The van der Waals surface area contributed by atoms with E-state index < -0.39 is 58.0 Å². The summed E-state index contributed by atoms with van der Waals surface area (Å²) in [5.74, 6) is -6.42. The van der Waals surface area contributed by atoms with E-state index in [-0.39, 0.29) is 23.3 Å². The van der Waals surface area contributed by atoms with Crippen LogP contribution in [0.5, 0.6) is 5.75 Å². The van der Waals surface area contributed by atoms with Crippen LogP contribution in [-0.4, -0.2) is 68.5 Å². The highest BCUT2D eigenvalue weighted by Gasteiger charge is 2.63. The molecule has 1 aromatic carbocycles. The van der Waals surface area contributed by atoms with Crippen molar-refractivity contribution in [2.24, 2.45) is 17.6 Å². The zero-order valence-corrected chi connectivity index (χ0v) is 16.4. The Hall–Kier alpha value is -3.17. The highest BCUT2D eigenvalue weighted by Crippen LogP contribution is 2.52. The first-order chi connectivity index (χ1) is 14.0. The third kappa shape index (κ3) is 2.39. The molecule has 0 heterocycles. The van der Waals surface area contributed by atoms with Gasteiger partial charge in [0.05, 0.1) is 11.6 Å². The highest BCUT2D eigenvalue weighted by molar-refractivity contribution is 6.24. The van der Waals surface area contributed by atoms with Gasteiger partial charge in [-0.1, -0.05) is 12.1 Å². The van der Waals surface area contributed by atoms with Crippen LogP contribution in [0, 0.1) is 11.8 Å². The first kappa shape index (κ1) is 20.1. The fourth-order valence-corrected chi connectivity index (χ4v) is 5.19. The Bertz CT molecular complexity index is 1070. The Morgan fingerprint density at radius 2 is 1.87 bits per heavy atom. The first-order valence-electron chi connectivity index (χ1n) is 9.47. The Kier molecular flexibility index (Phi) is 4.30. The van der Waals surface area contributed by atoms with Gasteiger partial charge >= 0.3 is 0 Å². The fourth-order valence-electron chi connectivity index (χ4n) is 5.19. The van der Waals surface area contributed by atoms with E-state index in [2.05, 4.69) is 0 Å². The lowest BCUT2D eigenvalue weighted by Gasteiger charge is -2.50. The van der Waals surface area contributed by atoms with Crippen LogP contribution in [0.25, 0.3) is 0 Å². The molecule has 0 radical (unpaired) electrons. The molecule has 4 atom stereocenters. The number of fused-ring (bicyclic) bond motifs is 3. The first-order valence-corrected chi connectivity index (χ1v) is 9.47. The number of rotatable bonds is 2. The van der Waals surface area contributed by atoms with Crippen LogP contribution in [0.2, 0.25) is 0 Å². The topological polar surface area (TPSA) is 161 Å². The minimum atomic E-state index is -2.60. The summed E-state index contributed by atoms with van der Waals surface area (Å²) in [5.41, 5.74) is 2.31. The summed E-state index contributed by atoms with van der Waals surface area (Å²) in [7, 11) is 3.18. The molecule has 0 saturated heterocycles. The molecular weight excluding hydrogens is 392 g/mol. The number of ketones is 2. The van der Waals surface area contributed by atoms with Gasteiger partial charge in [0.2, 0.25) is 5.78 Å². The number of nitrogens with zero attached hydrogens (tertiary/aromatic N) is 1. The molecule has 3 aliphatic carbocycles. The third-order valence-corrected chi connectivity index (χ3v) is 6.46. The van der Waals surface area contributed by atoms with E-state index in [0.29, 0.717) is 12.0 Å². The number of aliphatic hydroxyl groups is 3. The van der Waals surface area contributed by atoms with Gasteiger partial charge < -0.3 is 26.2 Å².